The normalized spacial score (nSPS) is 10.7. The van der Waals surface area contributed by atoms with Crippen molar-refractivity contribution in [3.8, 4) is 23.0 Å². The van der Waals surface area contributed by atoms with Gasteiger partial charge in [-0.15, -0.1) is 0 Å². The zero-order valence-corrected chi connectivity index (χ0v) is 16.2. The molecule has 0 unspecified atom stereocenters. The Hall–Kier alpha value is -3.55. The van der Waals surface area contributed by atoms with Gasteiger partial charge in [-0.2, -0.15) is 0 Å². The van der Waals surface area contributed by atoms with Crippen LogP contribution in [-0.4, -0.2) is 7.11 Å². The second-order valence-corrected chi connectivity index (χ2v) is 6.88. The van der Waals surface area contributed by atoms with Crippen LogP contribution in [0.2, 0.25) is 0 Å². The van der Waals surface area contributed by atoms with Crippen molar-refractivity contribution in [3.63, 3.8) is 0 Å². The Labute approximate surface area is 172 Å². The van der Waals surface area contributed by atoms with Crippen molar-refractivity contribution in [2.24, 2.45) is 0 Å². The van der Waals surface area contributed by atoms with Gasteiger partial charge in [0, 0.05) is 23.6 Å². The van der Waals surface area contributed by atoms with Gasteiger partial charge in [-0.1, -0.05) is 54.3 Å². The third-order valence-corrected chi connectivity index (χ3v) is 4.81. The van der Waals surface area contributed by atoms with Crippen LogP contribution in [0.4, 0.5) is 13.2 Å². The second-order valence-electron chi connectivity index (χ2n) is 6.88. The molecule has 0 amide bonds. The molecule has 0 atom stereocenters. The number of benzene rings is 4. The monoisotopic (exact) mass is 402 g/mol. The Bertz CT molecular complexity index is 1260. The quantitative estimate of drug-likeness (QED) is 0.282. The number of hydrogen-bond donors (Lipinski definition) is 0. The van der Waals surface area contributed by atoms with Gasteiger partial charge in [0.2, 0.25) is 0 Å². The average Bonchev–Trinajstić information content (AvgIpc) is 2.77. The minimum Gasteiger partial charge on any atom is -0.380 e. The molecule has 4 rings (SSSR count). The van der Waals surface area contributed by atoms with E-state index in [0.717, 1.165) is 28.3 Å². The van der Waals surface area contributed by atoms with E-state index < -0.39 is 17.5 Å². The Kier molecular flexibility index (Phi) is 5.56. The first-order chi connectivity index (χ1) is 14.5. The third-order valence-electron chi connectivity index (χ3n) is 4.81. The largest absolute Gasteiger partial charge is 0.380 e. The van der Waals surface area contributed by atoms with Crippen molar-refractivity contribution in [1.82, 2.24) is 0 Å². The molecule has 1 nitrogen and oxygen atoms in total. The minimum atomic E-state index is -1.46. The van der Waals surface area contributed by atoms with Crippen LogP contribution >= 0.6 is 0 Å². The van der Waals surface area contributed by atoms with Crippen LogP contribution in [0.5, 0.6) is 0 Å². The Balaban J connectivity index is 1.56. The van der Waals surface area contributed by atoms with Crippen LogP contribution in [0.1, 0.15) is 16.7 Å². The Morgan fingerprint density at radius 2 is 1.30 bits per heavy atom. The number of ether oxygens (including phenoxy) is 1. The lowest BCUT2D eigenvalue weighted by Crippen LogP contribution is -1.92. The summed E-state index contributed by atoms with van der Waals surface area (Å²) in [5.74, 6) is 2.17. The predicted octanol–water partition coefficient (Wildman–Crippen LogP) is 6.47. The van der Waals surface area contributed by atoms with Gasteiger partial charge in [0.25, 0.3) is 0 Å². The maximum absolute atomic E-state index is 13.8. The van der Waals surface area contributed by atoms with Crippen LogP contribution in [0, 0.1) is 29.3 Å². The maximum Gasteiger partial charge on any atom is 0.195 e. The fourth-order valence-electron chi connectivity index (χ4n) is 3.23. The van der Waals surface area contributed by atoms with Gasteiger partial charge < -0.3 is 4.74 Å². The highest BCUT2D eigenvalue weighted by Gasteiger charge is 2.13. The van der Waals surface area contributed by atoms with E-state index in [1.54, 1.807) is 19.2 Å². The molecule has 0 heterocycles. The molecular weight excluding hydrogens is 385 g/mol. The van der Waals surface area contributed by atoms with Gasteiger partial charge in [-0.25, -0.2) is 13.2 Å². The van der Waals surface area contributed by atoms with Gasteiger partial charge in [0.15, 0.2) is 17.5 Å². The summed E-state index contributed by atoms with van der Waals surface area (Å²) in [5, 5.41) is 0.297. The summed E-state index contributed by atoms with van der Waals surface area (Å²) in [4.78, 5) is 0. The average molecular weight is 402 g/mol. The SMILES string of the molecule is COCc1ccc(-c2ccc(C#Cc3ccc4c(F)c(F)c(F)cc4c3)cc2)cc1. The molecule has 0 aromatic heterocycles. The van der Waals surface area contributed by atoms with E-state index in [1.165, 1.54) is 6.07 Å². The van der Waals surface area contributed by atoms with Crippen LogP contribution in [0.25, 0.3) is 21.9 Å². The van der Waals surface area contributed by atoms with E-state index in [0.29, 0.717) is 12.2 Å². The fourth-order valence-corrected chi connectivity index (χ4v) is 3.23. The number of hydrogen-bond acceptors (Lipinski definition) is 1. The first-order valence-corrected chi connectivity index (χ1v) is 9.33. The molecule has 0 aliphatic carbocycles. The third kappa shape index (κ3) is 4.07. The van der Waals surface area contributed by atoms with Crippen LogP contribution in [-0.2, 0) is 11.3 Å². The van der Waals surface area contributed by atoms with Gasteiger partial charge in [-0.3, -0.25) is 0 Å². The molecule has 4 aromatic carbocycles. The first-order valence-electron chi connectivity index (χ1n) is 9.33. The number of fused-ring (bicyclic) bond motifs is 1. The molecule has 0 N–H and O–H groups in total. The van der Waals surface area contributed by atoms with Crippen molar-refractivity contribution in [2.75, 3.05) is 7.11 Å². The van der Waals surface area contributed by atoms with Crippen LogP contribution < -0.4 is 0 Å². The highest BCUT2D eigenvalue weighted by atomic mass is 19.2. The molecule has 148 valence electrons. The minimum absolute atomic E-state index is 0.0281. The molecule has 0 saturated heterocycles. The molecule has 4 heteroatoms. The first kappa shape index (κ1) is 19.8. The summed E-state index contributed by atoms with van der Waals surface area (Å²) in [6.07, 6.45) is 0. The van der Waals surface area contributed by atoms with Gasteiger partial charge >= 0.3 is 0 Å². The van der Waals surface area contributed by atoms with Crippen LogP contribution in [0.15, 0.2) is 72.8 Å². The van der Waals surface area contributed by atoms with E-state index in [4.69, 9.17) is 4.74 Å². The fraction of sp³-hybridized carbons (Fsp3) is 0.0769. The van der Waals surface area contributed by atoms with Crippen molar-refractivity contribution in [3.05, 3.63) is 107 Å². The standard InChI is InChI=1S/C26H17F3O/c1-30-16-19-6-11-21(12-7-19)20-9-4-17(5-10-20)2-3-18-8-13-23-22(14-18)15-24(27)26(29)25(23)28/h4-15H,16H2,1H3. The molecular formula is C26H17F3O. The van der Waals surface area contributed by atoms with E-state index in [1.807, 2.05) is 48.5 Å². The van der Waals surface area contributed by atoms with Crippen LogP contribution in [0.3, 0.4) is 0 Å². The van der Waals surface area contributed by atoms with Gasteiger partial charge in [0.1, 0.15) is 0 Å². The number of methoxy groups -OCH3 is 1. The van der Waals surface area contributed by atoms with Crippen molar-refractivity contribution >= 4 is 10.8 Å². The molecule has 4 aromatic rings. The van der Waals surface area contributed by atoms with Gasteiger partial charge in [-0.05, 0) is 52.4 Å². The summed E-state index contributed by atoms with van der Waals surface area (Å²) >= 11 is 0. The van der Waals surface area contributed by atoms with E-state index >= 15 is 0 Å². The molecule has 0 aliphatic heterocycles. The lowest BCUT2D eigenvalue weighted by molar-refractivity contribution is 0.185. The lowest BCUT2D eigenvalue weighted by Gasteiger charge is -2.04. The molecule has 0 spiro atoms. The zero-order chi connectivity index (χ0) is 21.1. The van der Waals surface area contributed by atoms with E-state index in [9.17, 15) is 13.2 Å². The Morgan fingerprint density at radius 3 is 1.97 bits per heavy atom. The lowest BCUT2D eigenvalue weighted by atomic mass is 10.0. The van der Waals surface area contributed by atoms with Crippen molar-refractivity contribution in [2.45, 2.75) is 6.61 Å². The predicted molar refractivity (Wildman–Crippen MR) is 112 cm³/mol. The molecule has 0 aliphatic rings. The summed E-state index contributed by atoms with van der Waals surface area (Å²) < 4.78 is 45.8. The molecule has 0 radical (unpaired) electrons. The molecule has 30 heavy (non-hydrogen) atoms. The highest BCUT2D eigenvalue weighted by Crippen LogP contribution is 2.24. The smallest absolute Gasteiger partial charge is 0.195 e. The summed E-state index contributed by atoms with van der Waals surface area (Å²) in [5.41, 5.74) is 4.68. The highest BCUT2D eigenvalue weighted by molar-refractivity contribution is 5.84. The number of rotatable bonds is 3. The van der Waals surface area contributed by atoms with Gasteiger partial charge in [0.05, 0.1) is 6.61 Å². The summed E-state index contributed by atoms with van der Waals surface area (Å²) in [7, 11) is 1.67. The van der Waals surface area contributed by atoms with Crippen molar-refractivity contribution < 1.29 is 17.9 Å². The second kappa shape index (κ2) is 8.44. The zero-order valence-electron chi connectivity index (χ0n) is 16.2. The number of halogens is 3. The Morgan fingerprint density at radius 1 is 0.700 bits per heavy atom. The van der Waals surface area contributed by atoms with E-state index in [-0.39, 0.29) is 10.8 Å². The summed E-state index contributed by atoms with van der Waals surface area (Å²) in [6.45, 7) is 0.581. The summed E-state index contributed by atoms with van der Waals surface area (Å²) in [6, 6.07) is 21.5. The van der Waals surface area contributed by atoms with E-state index in [2.05, 4.69) is 11.8 Å². The van der Waals surface area contributed by atoms with Crippen molar-refractivity contribution in [1.29, 1.82) is 0 Å². The molecule has 0 bridgehead atoms. The molecule has 0 fully saturated rings. The molecule has 0 saturated carbocycles. The maximum atomic E-state index is 13.8. The topological polar surface area (TPSA) is 9.23 Å².